The summed E-state index contributed by atoms with van der Waals surface area (Å²) in [5.74, 6) is 0.846. The quantitative estimate of drug-likeness (QED) is 0.575. The minimum Gasteiger partial charge on any atom is -0.480 e. The van der Waals surface area contributed by atoms with Crippen LogP contribution in [0.15, 0.2) is 42.5 Å². The van der Waals surface area contributed by atoms with Crippen molar-refractivity contribution in [1.29, 1.82) is 0 Å². The molecule has 5 nitrogen and oxygen atoms in total. The van der Waals surface area contributed by atoms with Crippen molar-refractivity contribution in [2.24, 2.45) is 0 Å². The highest BCUT2D eigenvalue weighted by atomic mass is 16.5. The molecule has 0 bridgehead atoms. The lowest BCUT2D eigenvalue weighted by molar-refractivity contribution is -0.122. The van der Waals surface area contributed by atoms with Crippen LogP contribution in [0.1, 0.15) is 64.0 Å². The van der Waals surface area contributed by atoms with Crippen LogP contribution >= 0.6 is 0 Å². The van der Waals surface area contributed by atoms with E-state index in [4.69, 9.17) is 4.74 Å². The Morgan fingerprint density at radius 3 is 2.21 bits per heavy atom. The van der Waals surface area contributed by atoms with Gasteiger partial charge in [0.1, 0.15) is 5.75 Å². The number of hydrogen-bond donors (Lipinski definition) is 2. The minimum atomic E-state index is -0.603. The molecule has 2 atom stereocenters. The van der Waals surface area contributed by atoms with Crippen LogP contribution in [-0.4, -0.2) is 17.9 Å². The van der Waals surface area contributed by atoms with Crippen LogP contribution in [0.4, 0.5) is 11.4 Å². The fraction of sp³-hybridized carbons (Fsp3) is 0.417. The maximum absolute atomic E-state index is 12.9. The van der Waals surface area contributed by atoms with Crippen molar-refractivity contribution in [3.63, 3.8) is 0 Å². The summed E-state index contributed by atoms with van der Waals surface area (Å²) >= 11 is 0. The Morgan fingerprint density at radius 1 is 0.931 bits per heavy atom. The molecule has 0 aromatic heterocycles. The lowest BCUT2D eigenvalue weighted by Crippen LogP contribution is -2.33. The van der Waals surface area contributed by atoms with Crippen molar-refractivity contribution >= 4 is 23.2 Å². The number of ether oxygens (including phenoxy) is 1. The van der Waals surface area contributed by atoms with Gasteiger partial charge in [-0.25, -0.2) is 0 Å². The first-order chi connectivity index (χ1) is 13.9. The van der Waals surface area contributed by atoms with Gasteiger partial charge in [-0.15, -0.1) is 0 Å². The Bertz CT molecular complexity index is 848. The first kappa shape index (κ1) is 22.5. The van der Waals surface area contributed by atoms with Crippen LogP contribution in [0.3, 0.4) is 0 Å². The molecule has 0 aliphatic rings. The summed E-state index contributed by atoms with van der Waals surface area (Å²) in [6.45, 7) is 9.90. The molecule has 29 heavy (non-hydrogen) atoms. The highest BCUT2D eigenvalue weighted by Gasteiger charge is 2.22. The third kappa shape index (κ3) is 5.83. The van der Waals surface area contributed by atoms with Gasteiger partial charge in [-0.2, -0.15) is 0 Å². The molecule has 0 saturated heterocycles. The maximum Gasteiger partial charge on any atom is 0.265 e. The Hall–Kier alpha value is -2.82. The molecule has 2 amide bonds. The largest absolute Gasteiger partial charge is 0.480 e. The SMILES string of the molecule is CCC(=O)Nc1cccc(NC(=O)C(CC)Oc2ccccc2C(C)CC)c1C. The number of hydrogen-bond acceptors (Lipinski definition) is 3. The summed E-state index contributed by atoms with van der Waals surface area (Å²) in [5.41, 5.74) is 3.30. The molecule has 2 N–H and O–H groups in total. The van der Waals surface area contributed by atoms with Crippen molar-refractivity contribution in [3.8, 4) is 5.75 Å². The van der Waals surface area contributed by atoms with E-state index < -0.39 is 6.10 Å². The van der Waals surface area contributed by atoms with Crippen LogP contribution in [0.2, 0.25) is 0 Å². The molecule has 0 spiro atoms. The zero-order chi connectivity index (χ0) is 21.4. The van der Waals surface area contributed by atoms with Gasteiger partial charge < -0.3 is 15.4 Å². The zero-order valence-corrected chi connectivity index (χ0v) is 18.0. The van der Waals surface area contributed by atoms with E-state index in [9.17, 15) is 9.59 Å². The number of para-hydroxylation sites is 1. The van der Waals surface area contributed by atoms with Gasteiger partial charge in [0, 0.05) is 17.8 Å². The number of rotatable bonds is 9. The van der Waals surface area contributed by atoms with E-state index >= 15 is 0 Å². The molecule has 0 saturated carbocycles. The topological polar surface area (TPSA) is 67.4 Å². The molecule has 0 aliphatic carbocycles. The molecule has 2 unspecified atom stereocenters. The zero-order valence-electron chi connectivity index (χ0n) is 18.0. The average molecular weight is 397 g/mol. The van der Waals surface area contributed by atoms with E-state index in [0.29, 0.717) is 30.1 Å². The van der Waals surface area contributed by atoms with Gasteiger partial charge in [-0.05, 0) is 55.0 Å². The molecule has 0 radical (unpaired) electrons. The highest BCUT2D eigenvalue weighted by molar-refractivity contribution is 5.97. The smallest absolute Gasteiger partial charge is 0.265 e. The Kier molecular flexibility index (Phi) is 8.25. The molecule has 156 valence electrons. The van der Waals surface area contributed by atoms with Crippen LogP contribution in [0.5, 0.6) is 5.75 Å². The number of benzene rings is 2. The van der Waals surface area contributed by atoms with Crippen molar-refractivity contribution < 1.29 is 14.3 Å². The highest BCUT2D eigenvalue weighted by Crippen LogP contribution is 2.30. The van der Waals surface area contributed by atoms with Gasteiger partial charge >= 0.3 is 0 Å². The fourth-order valence-electron chi connectivity index (χ4n) is 3.05. The second-order valence-corrected chi connectivity index (χ2v) is 7.23. The Morgan fingerprint density at radius 2 is 1.59 bits per heavy atom. The predicted molar refractivity (Wildman–Crippen MR) is 119 cm³/mol. The minimum absolute atomic E-state index is 0.0620. The molecule has 0 heterocycles. The number of carbonyl (C=O) groups excluding carboxylic acids is 2. The number of anilines is 2. The van der Waals surface area contributed by atoms with E-state index in [1.165, 1.54) is 0 Å². The van der Waals surface area contributed by atoms with Crippen molar-refractivity contribution in [3.05, 3.63) is 53.6 Å². The van der Waals surface area contributed by atoms with Gasteiger partial charge in [0.15, 0.2) is 6.10 Å². The maximum atomic E-state index is 12.9. The summed E-state index contributed by atoms with van der Waals surface area (Å²) in [6.07, 6.45) is 1.34. The van der Waals surface area contributed by atoms with E-state index in [1.807, 2.05) is 50.2 Å². The van der Waals surface area contributed by atoms with E-state index in [-0.39, 0.29) is 11.8 Å². The van der Waals surface area contributed by atoms with Crippen LogP contribution in [0, 0.1) is 6.92 Å². The second kappa shape index (κ2) is 10.6. The van der Waals surface area contributed by atoms with Gasteiger partial charge in [-0.3, -0.25) is 9.59 Å². The average Bonchev–Trinajstić information content (AvgIpc) is 2.74. The lowest BCUT2D eigenvalue weighted by atomic mass is 9.98. The van der Waals surface area contributed by atoms with Crippen LogP contribution in [-0.2, 0) is 9.59 Å². The molecule has 2 aromatic rings. The number of amides is 2. The summed E-state index contributed by atoms with van der Waals surface area (Å²) in [4.78, 5) is 24.6. The Labute approximate surface area is 173 Å². The van der Waals surface area contributed by atoms with E-state index in [1.54, 1.807) is 6.92 Å². The molecule has 2 aromatic carbocycles. The monoisotopic (exact) mass is 396 g/mol. The number of nitrogens with one attached hydrogen (secondary N) is 2. The van der Waals surface area contributed by atoms with Crippen molar-refractivity contribution in [2.75, 3.05) is 10.6 Å². The van der Waals surface area contributed by atoms with Gasteiger partial charge in [0.25, 0.3) is 5.91 Å². The first-order valence-corrected chi connectivity index (χ1v) is 10.4. The summed E-state index contributed by atoms with van der Waals surface area (Å²) in [5, 5.41) is 5.82. The fourth-order valence-corrected chi connectivity index (χ4v) is 3.05. The molecular formula is C24H32N2O3. The standard InChI is InChI=1S/C24H32N2O3/c1-6-16(4)18-12-9-10-15-22(18)29-21(7-2)24(28)26-20-14-11-13-19(17(20)5)25-23(27)8-3/h9-16,21H,6-8H2,1-5H3,(H,25,27)(H,26,28). The first-order valence-electron chi connectivity index (χ1n) is 10.4. The summed E-state index contributed by atoms with van der Waals surface area (Å²) in [7, 11) is 0. The molecule has 0 fully saturated rings. The normalized spacial score (nSPS) is 12.7. The van der Waals surface area contributed by atoms with Crippen molar-refractivity contribution in [2.45, 2.75) is 65.9 Å². The second-order valence-electron chi connectivity index (χ2n) is 7.23. The van der Waals surface area contributed by atoms with E-state index in [0.717, 1.165) is 23.3 Å². The lowest BCUT2D eigenvalue weighted by Gasteiger charge is -2.22. The summed E-state index contributed by atoms with van der Waals surface area (Å²) in [6, 6.07) is 13.4. The molecule has 2 rings (SSSR count). The van der Waals surface area contributed by atoms with Crippen LogP contribution in [0.25, 0.3) is 0 Å². The third-order valence-corrected chi connectivity index (χ3v) is 5.18. The van der Waals surface area contributed by atoms with Crippen molar-refractivity contribution in [1.82, 2.24) is 0 Å². The third-order valence-electron chi connectivity index (χ3n) is 5.18. The Balaban J connectivity index is 2.18. The number of carbonyl (C=O) groups is 2. The van der Waals surface area contributed by atoms with E-state index in [2.05, 4.69) is 30.5 Å². The molecule has 5 heteroatoms. The molecular weight excluding hydrogens is 364 g/mol. The van der Waals surface area contributed by atoms with Crippen LogP contribution < -0.4 is 15.4 Å². The van der Waals surface area contributed by atoms with Gasteiger partial charge in [0.05, 0.1) is 0 Å². The predicted octanol–water partition coefficient (Wildman–Crippen LogP) is 5.65. The van der Waals surface area contributed by atoms with Gasteiger partial charge in [0.2, 0.25) is 5.91 Å². The summed E-state index contributed by atoms with van der Waals surface area (Å²) < 4.78 is 6.12. The molecule has 0 aliphatic heterocycles. The van der Waals surface area contributed by atoms with Gasteiger partial charge in [-0.1, -0.05) is 52.0 Å².